The summed E-state index contributed by atoms with van der Waals surface area (Å²) in [5, 5.41) is 9.38. The van der Waals surface area contributed by atoms with Crippen LogP contribution >= 0.6 is 0 Å². The van der Waals surface area contributed by atoms with Gasteiger partial charge in [-0.3, -0.25) is 4.90 Å². The average Bonchev–Trinajstić information content (AvgIpc) is 2.11. The average molecular weight is 187 g/mol. The standard InChI is InChI=1S/C9H21N3O/c1-8-6-12(4-3-11(8)2)7-9(13)5-10/h8-9,13H,3-7,10H2,1-2H3/t8?,9-/m1/s1. The largest absolute Gasteiger partial charge is 0.390 e. The lowest BCUT2D eigenvalue weighted by Gasteiger charge is -2.38. The Morgan fingerprint density at radius 1 is 1.54 bits per heavy atom. The van der Waals surface area contributed by atoms with Crippen LogP contribution in [0.5, 0.6) is 0 Å². The van der Waals surface area contributed by atoms with E-state index in [2.05, 4.69) is 23.8 Å². The minimum absolute atomic E-state index is 0.362. The maximum atomic E-state index is 9.38. The van der Waals surface area contributed by atoms with Crippen molar-refractivity contribution in [2.75, 3.05) is 39.8 Å². The van der Waals surface area contributed by atoms with Crippen LogP contribution in [-0.4, -0.2) is 66.8 Å². The molecule has 0 aliphatic carbocycles. The second-order valence-electron chi connectivity index (χ2n) is 3.98. The van der Waals surface area contributed by atoms with E-state index in [1.54, 1.807) is 0 Å². The van der Waals surface area contributed by atoms with Crippen LogP contribution in [0.2, 0.25) is 0 Å². The molecule has 0 bridgehead atoms. The predicted molar refractivity (Wildman–Crippen MR) is 53.6 cm³/mol. The van der Waals surface area contributed by atoms with Crippen LogP contribution in [0.3, 0.4) is 0 Å². The van der Waals surface area contributed by atoms with Crippen LogP contribution in [0, 0.1) is 0 Å². The lowest BCUT2D eigenvalue weighted by molar-refractivity contribution is 0.0603. The van der Waals surface area contributed by atoms with Crippen molar-refractivity contribution in [1.29, 1.82) is 0 Å². The van der Waals surface area contributed by atoms with Crippen molar-refractivity contribution in [2.45, 2.75) is 19.1 Å². The summed E-state index contributed by atoms with van der Waals surface area (Å²) in [5.41, 5.74) is 5.36. The van der Waals surface area contributed by atoms with Gasteiger partial charge >= 0.3 is 0 Å². The highest BCUT2D eigenvalue weighted by Gasteiger charge is 2.21. The maximum absolute atomic E-state index is 9.38. The van der Waals surface area contributed by atoms with Crippen molar-refractivity contribution in [3.05, 3.63) is 0 Å². The first-order valence-electron chi connectivity index (χ1n) is 4.94. The smallest absolute Gasteiger partial charge is 0.0789 e. The molecular weight excluding hydrogens is 166 g/mol. The minimum Gasteiger partial charge on any atom is -0.390 e. The Bertz CT molecular complexity index is 152. The molecule has 0 amide bonds. The van der Waals surface area contributed by atoms with Gasteiger partial charge in [0, 0.05) is 38.8 Å². The Morgan fingerprint density at radius 3 is 2.77 bits per heavy atom. The molecule has 4 heteroatoms. The molecule has 1 heterocycles. The van der Waals surface area contributed by atoms with Crippen LogP contribution < -0.4 is 5.73 Å². The van der Waals surface area contributed by atoms with Gasteiger partial charge in [0.05, 0.1) is 6.10 Å². The van der Waals surface area contributed by atoms with Crippen molar-refractivity contribution in [2.24, 2.45) is 5.73 Å². The summed E-state index contributed by atoms with van der Waals surface area (Å²) < 4.78 is 0. The normalized spacial score (nSPS) is 29.1. The van der Waals surface area contributed by atoms with E-state index in [1.807, 2.05) is 0 Å². The third-order valence-electron chi connectivity index (χ3n) is 2.78. The number of nitrogens with two attached hydrogens (primary N) is 1. The van der Waals surface area contributed by atoms with Gasteiger partial charge in [-0.05, 0) is 14.0 Å². The summed E-state index contributed by atoms with van der Waals surface area (Å²) in [7, 11) is 2.14. The van der Waals surface area contributed by atoms with Gasteiger partial charge in [0.2, 0.25) is 0 Å². The molecule has 78 valence electrons. The first-order valence-corrected chi connectivity index (χ1v) is 4.94. The molecular formula is C9H21N3O. The molecule has 3 N–H and O–H groups in total. The third-order valence-corrected chi connectivity index (χ3v) is 2.78. The number of nitrogens with zero attached hydrogens (tertiary/aromatic N) is 2. The SMILES string of the molecule is CC1CN(C[C@H](O)CN)CCN1C. The zero-order chi connectivity index (χ0) is 9.84. The molecule has 1 aliphatic heterocycles. The fourth-order valence-corrected chi connectivity index (χ4v) is 1.66. The molecule has 0 spiro atoms. The van der Waals surface area contributed by atoms with E-state index < -0.39 is 0 Å². The van der Waals surface area contributed by atoms with E-state index in [9.17, 15) is 5.11 Å². The highest BCUT2D eigenvalue weighted by molar-refractivity contribution is 4.78. The van der Waals surface area contributed by atoms with Crippen molar-refractivity contribution in [1.82, 2.24) is 9.80 Å². The van der Waals surface area contributed by atoms with E-state index in [0.717, 1.165) is 19.6 Å². The second-order valence-corrected chi connectivity index (χ2v) is 3.98. The molecule has 1 unspecified atom stereocenters. The van der Waals surface area contributed by atoms with Crippen molar-refractivity contribution in [3.8, 4) is 0 Å². The lowest BCUT2D eigenvalue weighted by atomic mass is 10.2. The second kappa shape index (κ2) is 4.91. The van der Waals surface area contributed by atoms with Crippen LogP contribution in [0.15, 0.2) is 0 Å². The lowest BCUT2D eigenvalue weighted by Crippen LogP contribution is -2.52. The van der Waals surface area contributed by atoms with Crippen molar-refractivity contribution >= 4 is 0 Å². The fourth-order valence-electron chi connectivity index (χ4n) is 1.66. The van der Waals surface area contributed by atoms with Crippen LogP contribution in [0.25, 0.3) is 0 Å². The van der Waals surface area contributed by atoms with Gasteiger partial charge in [-0.25, -0.2) is 0 Å². The third kappa shape index (κ3) is 3.23. The number of hydrogen-bond donors (Lipinski definition) is 2. The summed E-state index contributed by atoms with van der Waals surface area (Å²) in [6.07, 6.45) is -0.365. The highest BCUT2D eigenvalue weighted by atomic mass is 16.3. The molecule has 13 heavy (non-hydrogen) atoms. The minimum atomic E-state index is -0.365. The zero-order valence-corrected chi connectivity index (χ0v) is 8.61. The summed E-state index contributed by atoms with van der Waals surface area (Å²) in [6, 6.07) is 0.582. The number of β-amino-alcohol motifs (C(OH)–C–C–N with tert-alkyl or cyclic N) is 1. The van der Waals surface area contributed by atoms with E-state index in [-0.39, 0.29) is 6.10 Å². The predicted octanol–water partition coefficient (Wildman–Crippen LogP) is -1.06. The summed E-state index contributed by atoms with van der Waals surface area (Å²) in [4.78, 5) is 4.62. The Labute approximate surface area is 80.3 Å². The summed E-state index contributed by atoms with van der Waals surface area (Å²) >= 11 is 0. The van der Waals surface area contributed by atoms with Crippen molar-refractivity contribution in [3.63, 3.8) is 0 Å². The number of aliphatic hydroxyl groups is 1. The topological polar surface area (TPSA) is 52.7 Å². The van der Waals surface area contributed by atoms with Gasteiger partial charge in [-0.15, -0.1) is 0 Å². The Hall–Kier alpha value is -0.160. The molecule has 1 rings (SSSR count). The molecule has 0 aromatic heterocycles. The molecule has 1 saturated heterocycles. The molecule has 0 saturated carbocycles. The van der Waals surface area contributed by atoms with Gasteiger partial charge in [0.25, 0.3) is 0 Å². The maximum Gasteiger partial charge on any atom is 0.0789 e. The number of hydrogen-bond acceptors (Lipinski definition) is 4. The van der Waals surface area contributed by atoms with E-state index in [1.165, 1.54) is 0 Å². The molecule has 0 aromatic carbocycles. The summed E-state index contributed by atoms with van der Waals surface area (Å²) in [6.45, 7) is 6.44. The summed E-state index contributed by atoms with van der Waals surface area (Å²) in [5.74, 6) is 0. The van der Waals surface area contributed by atoms with Gasteiger partial charge in [0.15, 0.2) is 0 Å². The van der Waals surface area contributed by atoms with Crippen LogP contribution in [-0.2, 0) is 0 Å². The number of rotatable bonds is 3. The highest BCUT2D eigenvalue weighted by Crippen LogP contribution is 2.06. The van der Waals surface area contributed by atoms with E-state index >= 15 is 0 Å². The van der Waals surface area contributed by atoms with Gasteiger partial charge < -0.3 is 15.7 Å². The molecule has 1 fully saturated rings. The number of likely N-dealkylation sites (N-methyl/N-ethyl adjacent to an activating group) is 1. The van der Waals surface area contributed by atoms with E-state index in [0.29, 0.717) is 19.1 Å². The van der Waals surface area contributed by atoms with Crippen LogP contribution in [0.4, 0.5) is 0 Å². The molecule has 0 aromatic rings. The zero-order valence-electron chi connectivity index (χ0n) is 8.61. The Morgan fingerprint density at radius 2 is 2.23 bits per heavy atom. The number of piperazine rings is 1. The Balaban J connectivity index is 2.29. The van der Waals surface area contributed by atoms with Gasteiger partial charge in [-0.2, -0.15) is 0 Å². The first kappa shape index (κ1) is 10.9. The number of aliphatic hydroxyl groups excluding tert-OH is 1. The quantitative estimate of drug-likeness (QED) is 0.591. The Kier molecular flexibility index (Phi) is 4.12. The van der Waals surface area contributed by atoms with Crippen molar-refractivity contribution < 1.29 is 5.11 Å². The van der Waals surface area contributed by atoms with Gasteiger partial charge in [-0.1, -0.05) is 0 Å². The van der Waals surface area contributed by atoms with Gasteiger partial charge in [0.1, 0.15) is 0 Å². The van der Waals surface area contributed by atoms with Crippen LogP contribution in [0.1, 0.15) is 6.92 Å². The molecule has 2 atom stereocenters. The molecule has 1 aliphatic rings. The molecule has 4 nitrogen and oxygen atoms in total. The molecule has 0 radical (unpaired) electrons. The fraction of sp³-hybridized carbons (Fsp3) is 1.00. The first-order chi connectivity index (χ1) is 6.13. The monoisotopic (exact) mass is 187 g/mol. The van der Waals surface area contributed by atoms with E-state index in [4.69, 9.17) is 5.73 Å².